The van der Waals surface area contributed by atoms with Crippen LogP contribution >= 0.6 is 11.3 Å². The molecule has 1 amide bonds. The minimum absolute atomic E-state index is 0.0246. The molecule has 0 spiro atoms. The number of carbonyl (C=O) groups is 1. The van der Waals surface area contributed by atoms with Crippen molar-refractivity contribution in [2.75, 3.05) is 19.8 Å². The third-order valence-corrected chi connectivity index (χ3v) is 6.89. The van der Waals surface area contributed by atoms with Crippen molar-refractivity contribution in [3.05, 3.63) is 16.6 Å². The Balaban J connectivity index is 1.49. The number of aromatic nitrogens is 2. The Morgan fingerprint density at radius 3 is 2.73 bits per heavy atom. The summed E-state index contributed by atoms with van der Waals surface area (Å²) in [4.78, 5) is 14.6. The zero-order valence-corrected chi connectivity index (χ0v) is 16.1. The molecule has 6 nitrogen and oxygen atoms in total. The van der Waals surface area contributed by atoms with Crippen molar-refractivity contribution in [3.8, 4) is 0 Å². The first kappa shape index (κ1) is 17.9. The molecule has 0 unspecified atom stereocenters. The van der Waals surface area contributed by atoms with Gasteiger partial charge in [-0.2, -0.15) is 5.10 Å². The van der Waals surface area contributed by atoms with Crippen LogP contribution in [0.15, 0.2) is 6.07 Å². The molecule has 26 heavy (non-hydrogen) atoms. The molecule has 7 heteroatoms. The molecule has 3 heterocycles. The molecule has 1 saturated carbocycles. The smallest absolute Gasteiger partial charge is 0.261 e. The van der Waals surface area contributed by atoms with Crippen molar-refractivity contribution in [1.29, 1.82) is 0 Å². The maximum absolute atomic E-state index is 12.7. The summed E-state index contributed by atoms with van der Waals surface area (Å²) in [6, 6.07) is 2.58. The van der Waals surface area contributed by atoms with E-state index in [1.807, 2.05) is 13.0 Å². The summed E-state index contributed by atoms with van der Waals surface area (Å²) in [5.74, 6) is 0.428. The van der Waals surface area contributed by atoms with Gasteiger partial charge in [0.05, 0.1) is 16.6 Å². The molecule has 1 aliphatic carbocycles. The number of ether oxygens (including phenoxy) is 1. The molecule has 0 atom stereocenters. The van der Waals surface area contributed by atoms with Crippen LogP contribution in [0, 0.1) is 12.8 Å². The summed E-state index contributed by atoms with van der Waals surface area (Å²) in [5.41, 5.74) is 0.991. The van der Waals surface area contributed by atoms with Crippen molar-refractivity contribution in [1.82, 2.24) is 15.1 Å². The van der Waals surface area contributed by atoms with Gasteiger partial charge < -0.3 is 15.2 Å². The Kier molecular flexibility index (Phi) is 5.29. The molecule has 1 saturated heterocycles. The fourth-order valence-corrected chi connectivity index (χ4v) is 5.24. The van der Waals surface area contributed by atoms with Crippen molar-refractivity contribution in [2.45, 2.75) is 57.5 Å². The number of carbonyl (C=O) groups excluding carboxylic acids is 1. The first-order chi connectivity index (χ1) is 12.7. The number of aliphatic hydroxyl groups is 1. The van der Waals surface area contributed by atoms with Crippen LogP contribution in [0.3, 0.4) is 0 Å². The second-order valence-corrected chi connectivity index (χ2v) is 8.61. The van der Waals surface area contributed by atoms with Crippen molar-refractivity contribution in [2.24, 2.45) is 5.92 Å². The van der Waals surface area contributed by atoms with E-state index < -0.39 is 0 Å². The van der Waals surface area contributed by atoms with Gasteiger partial charge in [0.15, 0.2) is 0 Å². The summed E-state index contributed by atoms with van der Waals surface area (Å²) in [7, 11) is 0. The SMILES string of the molecule is Cc1nn(C2CCOCC2)c2sc(C(=O)N[C@H]3CC[C@H](CO)CC3)cc12. The lowest BCUT2D eigenvalue weighted by Crippen LogP contribution is -2.37. The van der Waals surface area contributed by atoms with Crippen LogP contribution in [0.25, 0.3) is 10.2 Å². The highest BCUT2D eigenvalue weighted by atomic mass is 32.1. The number of nitrogens with zero attached hydrogens (tertiary/aromatic N) is 2. The Bertz CT molecular complexity index is 770. The van der Waals surface area contributed by atoms with Gasteiger partial charge in [-0.15, -0.1) is 11.3 Å². The van der Waals surface area contributed by atoms with Gasteiger partial charge in [-0.1, -0.05) is 0 Å². The molecule has 2 fully saturated rings. The van der Waals surface area contributed by atoms with Crippen molar-refractivity contribution in [3.63, 3.8) is 0 Å². The lowest BCUT2D eigenvalue weighted by Gasteiger charge is -2.27. The van der Waals surface area contributed by atoms with Crippen LogP contribution in [0.1, 0.15) is 59.9 Å². The van der Waals surface area contributed by atoms with Crippen LogP contribution in [0.5, 0.6) is 0 Å². The van der Waals surface area contributed by atoms with E-state index in [1.165, 1.54) is 0 Å². The van der Waals surface area contributed by atoms with E-state index in [-0.39, 0.29) is 18.6 Å². The Morgan fingerprint density at radius 1 is 1.31 bits per heavy atom. The largest absolute Gasteiger partial charge is 0.396 e. The van der Waals surface area contributed by atoms with Crippen LogP contribution in [0.4, 0.5) is 0 Å². The maximum atomic E-state index is 12.7. The molecular weight excluding hydrogens is 350 g/mol. The number of aryl methyl sites for hydroxylation is 1. The molecule has 142 valence electrons. The summed E-state index contributed by atoms with van der Waals surface area (Å²) in [6.07, 6.45) is 5.85. The van der Waals surface area contributed by atoms with E-state index in [4.69, 9.17) is 9.84 Å². The highest BCUT2D eigenvalue weighted by molar-refractivity contribution is 7.20. The van der Waals surface area contributed by atoms with Crippen molar-refractivity contribution < 1.29 is 14.6 Å². The number of hydrogen-bond acceptors (Lipinski definition) is 5. The minimum Gasteiger partial charge on any atom is -0.396 e. The predicted octanol–water partition coefficient (Wildman–Crippen LogP) is 3.04. The van der Waals surface area contributed by atoms with E-state index in [9.17, 15) is 9.90 Å². The van der Waals surface area contributed by atoms with Gasteiger partial charge in [-0.25, -0.2) is 0 Å². The number of fused-ring (bicyclic) bond motifs is 1. The Hall–Kier alpha value is -1.44. The highest BCUT2D eigenvalue weighted by Crippen LogP contribution is 2.33. The standard InChI is InChI=1S/C19H27N3O3S/c1-12-16-10-17(18(24)20-14-4-2-13(11-23)3-5-14)26-19(16)22(21-12)15-6-8-25-9-7-15/h10,13-15,23H,2-9,11H2,1H3,(H,20,24)/t13-,14-. The topological polar surface area (TPSA) is 76.4 Å². The molecule has 2 aromatic rings. The van der Waals surface area contributed by atoms with Crippen LogP contribution in [0.2, 0.25) is 0 Å². The van der Waals surface area contributed by atoms with Crippen LogP contribution in [-0.4, -0.2) is 46.7 Å². The van der Waals surface area contributed by atoms with E-state index in [0.29, 0.717) is 12.0 Å². The second-order valence-electron chi connectivity index (χ2n) is 7.58. The normalized spacial score (nSPS) is 24.8. The van der Waals surface area contributed by atoms with Gasteiger partial charge in [0.25, 0.3) is 5.91 Å². The molecule has 2 N–H and O–H groups in total. The number of amides is 1. The minimum atomic E-state index is 0.0246. The number of hydrogen-bond donors (Lipinski definition) is 2. The van der Waals surface area contributed by atoms with Crippen molar-refractivity contribution >= 4 is 27.5 Å². The van der Waals surface area contributed by atoms with Gasteiger partial charge in [-0.05, 0) is 57.4 Å². The third kappa shape index (κ3) is 3.52. The zero-order chi connectivity index (χ0) is 18.1. The van der Waals surface area contributed by atoms with Crippen LogP contribution < -0.4 is 5.32 Å². The van der Waals surface area contributed by atoms with E-state index in [2.05, 4.69) is 10.00 Å². The molecular formula is C19H27N3O3S. The Labute approximate surface area is 157 Å². The average molecular weight is 378 g/mol. The Morgan fingerprint density at radius 2 is 2.04 bits per heavy atom. The fourth-order valence-electron chi connectivity index (χ4n) is 4.11. The fraction of sp³-hybridized carbons (Fsp3) is 0.684. The molecule has 0 bridgehead atoms. The van der Waals surface area contributed by atoms with E-state index in [0.717, 1.165) is 72.5 Å². The van der Waals surface area contributed by atoms with E-state index >= 15 is 0 Å². The maximum Gasteiger partial charge on any atom is 0.261 e. The monoisotopic (exact) mass is 377 g/mol. The number of nitrogens with one attached hydrogen (secondary N) is 1. The highest BCUT2D eigenvalue weighted by Gasteiger charge is 2.25. The van der Waals surface area contributed by atoms with E-state index in [1.54, 1.807) is 11.3 Å². The average Bonchev–Trinajstić information content (AvgIpc) is 3.24. The zero-order valence-electron chi connectivity index (χ0n) is 15.2. The lowest BCUT2D eigenvalue weighted by atomic mass is 9.86. The summed E-state index contributed by atoms with van der Waals surface area (Å²) < 4.78 is 7.58. The number of aliphatic hydroxyl groups excluding tert-OH is 1. The van der Waals surface area contributed by atoms with Gasteiger partial charge in [0.1, 0.15) is 4.83 Å². The van der Waals surface area contributed by atoms with Gasteiger partial charge >= 0.3 is 0 Å². The molecule has 0 aromatic carbocycles. The number of thiophene rings is 1. The quantitative estimate of drug-likeness (QED) is 0.859. The molecule has 2 aliphatic rings. The lowest BCUT2D eigenvalue weighted by molar-refractivity contribution is 0.0675. The second kappa shape index (κ2) is 7.66. The predicted molar refractivity (Wildman–Crippen MR) is 102 cm³/mol. The van der Waals surface area contributed by atoms with Gasteiger partial charge in [0.2, 0.25) is 0 Å². The molecule has 0 radical (unpaired) electrons. The number of rotatable bonds is 4. The van der Waals surface area contributed by atoms with Crippen LogP contribution in [-0.2, 0) is 4.74 Å². The molecule has 4 rings (SSSR count). The van der Waals surface area contributed by atoms with Gasteiger partial charge in [-0.3, -0.25) is 9.48 Å². The summed E-state index contributed by atoms with van der Waals surface area (Å²) in [6.45, 7) is 3.84. The summed E-state index contributed by atoms with van der Waals surface area (Å²) in [5, 5.41) is 18.3. The summed E-state index contributed by atoms with van der Waals surface area (Å²) >= 11 is 1.55. The van der Waals surface area contributed by atoms with Gasteiger partial charge in [0, 0.05) is 31.2 Å². The first-order valence-electron chi connectivity index (χ1n) is 9.64. The first-order valence-corrected chi connectivity index (χ1v) is 10.5. The third-order valence-electron chi connectivity index (χ3n) is 5.77. The molecule has 1 aliphatic heterocycles. The molecule has 2 aromatic heterocycles.